The molecule has 1 saturated heterocycles. The van der Waals surface area contributed by atoms with Crippen LogP contribution < -0.4 is 0 Å². The van der Waals surface area contributed by atoms with Gasteiger partial charge in [-0.2, -0.15) is 0 Å². The number of hydrogen-bond donors (Lipinski definition) is 0. The number of rotatable bonds is 5. The summed E-state index contributed by atoms with van der Waals surface area (Å²) in [6, 6.07) is 0. The van der Waals surface area contributed by atoms with E-state index in [-0.39, 0.29) is 11.3 Å². The topological polar surface area (TPSA) is 20.3 Å². The van der Waals surface area contributed by atoms with Crippen LogP contribution >= 0.6 is 0 Å². The maximum absolute atomic E-state index is 12.4. The zero-order chi connectivity index (χ0) is 21.8. The average Bonchev–Trinajstić information content (AvgIpc) is 3.03. The van der Waals surface area contributed by atoms with Gasteiger partial charge in [0, 0.05) is 24.6 Å². The first-order chi connectivity index (χ1) is 14.1. The van der Waals surface area contributed by atoms with Gasteiger partial charge in [-0.1, -0.05) is 60.5 Å². The summed E-state index contributed by atoms with van der Waals surface area (Å²) in [5, 5.41) is 0. The van der Waals surface area contributed by atoms with E-state index in [0.717, 1.165) is 30.1 Å². The molecular weight excluding hydrogens is 366 g/mol. The Balaban J connectivity index is 1.57. The van der Waals surface area contributed by atoms with Crippen LogP contribution in [0.3, 0.4) is 0 Å². The zero-order valence-corrected chi connectivity index (χ0v) is 20.5. The molecule has 0 bridgehead atoms. The Hall–Kier alpha value is -1.05. The first kappa shape index (κ1) is 22.2. The maximum atomic E-state index is 12.4. The lowest BCUT2D eigenvalue weighted by molar-refractivity contribution is -0.135. The second-order valence-corrected chi connectivity index (χ2v) is 12.2. The molecule has 7 unspecified atom stereocenters. The molecule has 0 aromatic heterocycles. The molecule has 2 saturated carbocycles. The largest absolute Gasteiger partial charge is 0.319 e. The van der Waals surface area contributed by atoms with E-state index < -0.39 is 0 Å². The van der Waals surface area contributed by atoms with Gasteiger partial charge >= 0.3 is 0 Å². The molecule has 4 rings (SSSR count). The highest BCUT2D eigenvalue weighted by Crippen LogP contribution is 2.67. The number of hydrogen-bond acceptors (Lipinski definition) is 1. The van der Waals surface area contributed by atoms with Crippen LogP contribution in [0.2, 0.25) is 0 Å². The molecule has 0 aromatic carbocycles. The van der Waals surface area contributed by atoms with Crippen molar-refractivity contribution in [3.63, 3.8) is 0 Å². The van der Waals surface area contributed by atoms with Crippen molar-refractivity contribution in [3.8, 4) is 0 Å². The summed E-state index contributed by atoms with van der Waals surface area (Å²) in [4.78, 5) is 14.3. The molecule has 30 heavy (non-hydrogen) atoms. The smallest absolute Gasteiger partial charge is 0.226 e. The Kier molecular flexibility index (Phi) is 5.78. The summed E-state index contributed by atoms with van der Waals surface area (Å²) >= 11 is 0. The molecule has 1 heterocycles. The van der Waals surface area contributed by atoms with Crippen LogP contribution in [0.15, 0.2) is 23.9 Å². The molecule has 1 aliphatic heterocycles. The van der Waals surface area contributed by atoms with Crippen LogP contribution in [0.4, 0.5) is 0 Å². The second kappa shape index (κ2) is 7.82. The number of nitrogens with zero attached hydrogens (tertiary/aromatic N) is 1. The Morgan fingerprint density at radius 2 is 1.83 bits per heavy atom. The van der Waals surface area contributed by atoms with E-state index in [1.54, 1.807) is 0 Å². The third-order valence-electron chi connectivity index (χ3n) is 10.2. The third kappa shape index (κ3) is 3.32. The maximum Gasteiger partial charge on any atom is 0.226 e. The summed E-state index contributed by atoms with van der Waals surface area (Å²) in [6.45, 7) is 16.9. The van der Waals surface area contributed by atoms with E-state index in [9.17, 15) is 4.79 Å². The van der Waals surface area contributed by atoms with Crippen LogP contribution in [-0.2, 0) is 4.79 Å². The molecule has 168 valence electrons. The van der Waals surface area contributed by atoms with Crippen molar-refractivity contribution in [3.05, 3.63) is 23.9 Å². The van der Waals surface area contributed by atoms with Gasteiger partial charge in [0.25, 0.3) is 0 Å². The minimum absolute atomic E-state index is 0.150. The van der Waals surface area contributed by atoms with Crippen molar-refractivity contribution in [2.45, 2.75) is 92.4 Å². The van der Waals surface area contributed by atoms with Crippen LogP contribution in [0.1, 0.15) is 92.4 Å². The summed E-state index contributed by atoms with van der Waals surface area (Å²) in [5.74, 6) is 4.87. The lowest BCUT2D eigenvalue weighted by Crippen LogP contribution is -2.54. The predicted octanol–water partition coefficient (Wildman–Crippen LogP) is 7.22. The van der Waals surface area contributed by atoms with E-state index in [4.69, 9.17) is 0 Å². The Morgan fingerprint density at radius 1 is 1.10 bits per heavy atom. The van der Waals surface area contributed by atoms with Crippen LogP contribution in [0.25, 0.3) is 0 Å². The van der Waals surface area contributed by atoms with Crippen molar-refractivity contribution in [2.24, 2.45) is 46.3 Å². The van der Waals surface area contributed by atoms with Gasteiger partial charge in [0.2, 0.25) is 5.91 Å². The van der Waals surface area contributed by atoms with Gasteiger partial charge in [-0.3, -0.25) is 4.79 Å². The zero-order valence-electron chi connectivity index (χ0n) is 20.5. The molecule has 2 nitrogen and oxygen atoms in total. The van der Waals surface area contributed by atoms with Crippen molar-refractivity contribution < 1.29 is 4.79 Å². The number of piperidine rings is 1. The molecular formula is C28H45NO. The van der Waals surface area contributed by atoms with Crippen LogP contribution in [-0.4, -0.2) is 17.9 Å². The summed E-state index contributed by atoms with van der Waals surface area (Å²) < 4.78 is 0. The highest BCUT2D eigenvalue weighted by atomic mass is 16.2. The van der Waals surface area contributed by atoms with Gasteiger partial charge in [0.15, 0.2) is 0 Å². The lowest BCUT2D eigenvalue weighted by atomic mass is 9.47. The fourth-order valence-electron chi connectivity index (χ4n) is 8.48. The number of allylic oxidation sites excluding steroid dienone is 3. The van der Waals surface area contributed by atoms with Gasteiger partial charge in [-0.05, 0) is 84.7 Å². The molecule has 0 radical (unpaired) electrons. The summed E-state index contributed by atoms with van der Waals surface area (Å²) in [5.41, 5.74) is 3.19. The van der Waals surface area contributed by atoms with Crippen LogP contribution in [0.5, 0.6) is 0 Å². The normalized spacial score (nSPS) is 42.0. The number of amides is 1. The Morgan fingerprint density at radius 3 is 2.53 bits per heavy atom. The predicted molar refractivity (Wildman–Crippen MR) is 126 cm³/mol. The quantitative estimate of drug-likeness (QED) is 0.467. The fraction of sp³-hybridized carbons (Fsp3) is 0.821. The van der Waals surface area contributed by atoms with Gasteiger partial charge in [0.1, 0.15) is 0 Å². The molecule has 1 amide bonds. The SMILES string of the molecule is C=C1C=C2N(C)C(=O)CCC2(C)C2CCC3(C)C(C(C)CCCC(C)C)CCC3C12. The number of likely N-dealkylation sites (tertiary alicyclic amines) is 1. The molecule has 7 atom stereocenters. The fourth-order valence-corrected chi connectivity index (χ4v) is 8.48. The lowest BCUT2D eigenvalue weighted by Gasteiger charge is -2.59. The molecule has 0 spiro atoms. The number of carbonyl (C=O) groups is 1. The molecule has 0 aromatic rings. The first-order valence-electron chi connectivity index (χ1n) is 12.8. The van der Waals surface area contributed by atoms with E-state index in [2.05, 4.69) is 47.3 Å². The summed E-state index contributed by atoms with van der Waals surface area (Å²) in [7, 11) is 1.98. The standard InChI is InChI=1S/C28H45NO/c1-18(2)9-8-10-19(3)21-11-12-22-26-20(4)17-24-28(6,16-14-25(30)29(24)7)23(26)13-15-27(21,22)5/h17-19,21-23,26H,4,8-16H2,1-3,5-7H3. The van der Waals surface area contributed by atoms with Crippen LogP contribution in [0, 0.1) is 46.3 Å². The molecule has 4 aliphatic rings. The monoisotopic (exact) mass is 411 g/mol. The van der Waals surface area contributed by atoms with E-state index in [0.29, 0.717) is 23.7 Å². The Bertz CT molecular complexity index is 735. The molecule has 3 aliphatic carbocycles. The highest BCUT2D eigenvalue weighted by Gasteiger charge is 2.60. The minimum Gasteiger partial charge on any atom is -0.319 e. The number of fused-ring (bicyclic) bond motifs is 5. The van der Waals surface area contributed by atoms with Gasteiger partial charge in [0.05, 0.1) is 0 Å². The van der Waals surface area contributed by atoms with Crippen molar-refractivity contribution >= 4 is 5.91 Å². The van der Waals surface area contributed by atoms with Gasteiger partial charge < -0.3 is 4.90 Å². The number of carbonyl (C=O) groups excluding carboxylic acids is 1. The van der Waals surface area contributed by atoms with E-state index >= 15 is 0 Å². The first-order valence-corrected chi connectivity index (χ1v) is 12.8. The second-order valence-electron chi connectivity index (χ2n) is 12.2. The van der Waals surface area contributed by atoms with Gasteiger partial charge in [-0.25, -0.2) is 0 Å². The van der Waals surface area contributed by atoms with Gasteiger partial charge in [-0.15, -0.1) is 0 Å². The minimum atomic E-state index is 0.150. The van der Waals surface area contributed by atoms with Crippen molar-refractivity contribution in [1.29, 1.82) is 0 Å². The Labute approximate surface area is 185 Å². The third-order valence-corrected chi connectivity index (χ3v) is 10.2. The van der Waals surface area contributed by atoms with Crippen molar-refractivity contribution in [1.82, 2.24) is 4.90 Å². The summed E-state index contributed by atoms with van der Waals surface area (Å²) in [6.07, 6.45) is 13.7. The van der Waals surface area contributed by atoms with Crippen molar-refractivity contribution in [2.75, 3.05) is 7.05 Å². The molecule has 2 heteroatoms. The van der Waals surface area contributed by atoms with E-state index in [1.807, 2.05) is 11.9 Å². The average molecular weight is 412 g/mol. The van der Waals surface area contributed by atoms with E-state index in [1.165, 1.54) is 56.2 Å². The molecule has 0 N–H and O–H groups in total. The molecule has 3 fully saturated rings. The highest BCUT2D eigenvalue weighted by molar-refractivity contribution is 5.80.